The molecule has 7 heteroatoms. The van der Waals surface area contributed by atoms with E-state index in [4.69, 9.17) is 9.26 Å². The van der Waals surface area contributed by atoms with E-state index in [9.17, 15) is 0 Å². The van der Waals surface area contributed by atoms with Crippen LogP contribution in [-0.4, -0.2) is 36.4 Å². The first-order valence-corrected chi connectivity index (χ1v) is 8.14. The average Bonchev–Trinajstić information content (AvgIpc) is 3.11. The molecular formula is C16H29IN4O2. The molecule has 0 radical (unpaired) electrons. The van der Waals surface area contributed by atoms with E-state index in [-0.39, 0.29) is 29.6 Å². The van der Waals surface area contributed by atoms with Gasteiger partial charge in [0.15, 0.2) is 11.7 Å². The summed E-state index contributed by atoms with van der Waals surface area (Å²) in [6.07, 6.45) is 2.21. The third-order valence-electron chi connectivity index (χ3n) is 3.84. The number of nitrogens with zero attached hydrogens (tertiary/aromatic N) is 2. The molecule has 0 spiro atoms. The summed E-state index contributed by atoms with van der Waals surface area (Å²) in [6.45, 7) is 11.3. The normalized spacial score (nSPS) is 21.3. The van der Waals surface area contributed by atoms with Gasteiger partial charge in [0.2, 0.25) is 0 Å². The molecule has 0 aliphatic carbocycles. The second kappa shape index (κ2) is 9.46. The molecule has 1 atom stereocenters. The van der Waals surface area contributed by atoms with Crippen molar-refractivity contribution in [1.82, 2.24) is 15.8 Å². The number of aliphatic imine (C=N–C) groups is 1. The maximum absolute atomic E-state index is 5.79. The SMILES string of the molecule is CCNC(=NCc1cc(C(C)C)no1)NCC1(C)CCCO1.I. The summed E-state index contributed by atoms with van der Waals surface area (Å²) in [5.41, 5.74) is 0.878. The number of ether oxygens (including phenoxy) is 1. The second-order valence-electron chi connectivity index (χ2n) is 6.32. The molecule has 2 heterocycles. The number of nitrogens with one attached hydrogen (secondary N) is 2. The van der Waals surface area contributed by atoms with Gasteiger partial charge in [-0.25, -0.2) is 4.99 Å². The van der Waals surface area contributed by atoms with Crippen molar-refractivity contribution in [3.63, 3.8) is 0 Å². The lowest BCUT2D eigenvalue weighted by Crippen LogP contribution is -2.45. The van der Waals surface area contributed by atoms with Crippen molar-refractivity contribution in [2.24, 2.45) is 4.99 Å². The van der Waals surface area contributed by atoms with Crippen LogP contribution in [0.3, 0.4) is 0 Å². The Balaban J connectivity index is 0.00000264. The highest BCUT2D eigenvalue weighted by Gasteiger charge is 2.29. The highest BCUT2D eigenvalue weighted by molar-refractivity contribution is 14.0. The van der Waals surface area contributed by atoms with Crippen LogP contribution in [0, 0.1) is 0 Å². The Bertz CT molecular complexity index is 496. The summed E-state index contributed by atoms with van der Waals surface area (Å²) in [5.74, 6) is 1.93. The Morgan fingerprint density at radius 2 is 2.22 bits per heavy atom. The molecule has 0 bridgehead atoms. The van der Waals surface area contributed by atoms with E-state index in [0.29, 0.717) is 12.5 Å². The van der Waals surface area contributed by atoms with E-state index < -0.39 is 0 Å². The Hall–Kier alpha value is -0.830. The number of hydrogen-bond donors (Lipinski definition) is 2. The third-order valence-corrected chi connectivity index (χ3v) is 3.84. The zero-order chi connectivity index (χ0) is 16.0. The van der Waals surface area contributed by atoms with Crippen LogP contribution in [0.4, 0.5) is 0 Å². The van der Waals surface area contributed by atoms with Gasteiger partial charge in [-0.3, -0.25) is 0 Å². The van der Waals surface area contributed by atoms with Gasteiger partial charge in [0, 0.05) is 25.8 Å². The van der Waals surface area contributed by atoms with Crippen molar-refractivity contribution in [1.29, 1.82) is 0 Å². The fourth-order valence-corrected chi connectivity index (χ4v) is 2.42. The first-order chi connectivity index (χ1) is 10.5. The molecule has 132 valence electrons. The zero-order valence-electron chi connectivity index (χ0n) is 14.5. The Labute approximate surface area is 155 Å². The summed E-state index contributed by atoms with van der Waals surface area (Å²) in [5, 5.41) is 10.7. The van der Waals surface area contributed by atoms with Crippen LogP contribution >= 0.6 is 24.0 Å². The standard InChI is InChI=1S/C16H28N4O2.HI/c1-5-17-15(19-11-16(4)7-6-8-21-16)18-10-13-9-14(12(2)3)20-22-13;/h9,12H,5-8,10-11H2,1-4H3,(H2,17,18,19);1H. The molecule has 1 aromatic rings. The fraction of sp³-hybridized carbons (Fsp3) is 0.750. The minimum absolute atomic E-state index is 0. The van der Waals surface area contributed by atoms with Crippen LogP contribution in [0.2, 0.25) is 0 Å². The second-order valence-corrected chi connectivity index (χ2v) is 6.32. The Morgan fingerprint density at radius 3 is 2.78 bits per heavy atom. The fourth-order valence-electron chi connectivity index (χ4n) is 2.42. The van der Waals surface area contributed by atoms with Gasteiger partial charge >= 0.3 is 0 Å². The van der Waals surface area contributed by atoms with Crippen molar-refractivity contribution in [3.8, 4) is 0 Å². The minimum atomic E-state index is -0.0900. The third kappa shape index (κ3) is 6.29. The van der Waals surface area contributed by atoms with Crippen molar-refractivity contribution in [3.05, 3.63) is 17.5 Å². The molecule has 1 aliphatic heterocycles. The highest BCUT2D eigenvalue weighted by atomic mass is 127. The smallest absolute Gasteiger partial charge is 0.191 e. The van der Waals surface area contributed by atoms with Crippen LogP contribution in [-0.2, 0) is 11.3 Å². The molecule has 2 rings (SSSR count). The van der Waals surface area contributed by atoms with Crippen LogP contribution < -0.4 is 10.6 Å². The lowest BCUT2D eigenvalue weighted by atomic mass is 10.0. The monoisotopic (exact) mass is 436 g/mol. The molecule has 0 amide bonds. The lowest BCUT2D eigenvalue weighted by Gasteiger charge is -2.24. The maximum atomic E-state index is 5.79. The lowest BCUT2D eigenvalue weighted by molar-refractivity contribution is 0.0243. The summed E-state index contributed by atoms with van der Waals surface area (Å²) < 4.78 is 11.1. The van der Waals surface area contributed by atoms with Crippen LogP contribution in [0.15, 0.2) is 15.6 Å². The number of guanidine groups is 1. The molecule has 1 unspecified atom stereocenters. The van der Waals surface area contributed by atoms with Gasteiger partial charge in [-0.15, -0.1) is 24.0 Å². The predicted molar refractivity (Wildman–Crippen MR) is 102 cm³/mol. The summed E-state index contributed by atoms with van der Waals surface area (Å²) in [7, 11) is 0. The quantitative estimate of drug-likeness (QED) is 0.408. The van der Waals surface area contributed by atoms with Crippen molar-refractivity contribution in [2.75, 3.05) is 19.7 Å². The van der Waals surface area contributed by atoms with Crippen molar-refractivity contribution < 1.29 is 9.26 Å². The molecule has 6 nitrogen and oxygen atoms in total. The molecule has 1 aliphatic rings. The van der Waals surface area contributed by atoms with Gasteiger partial charge in [0.25, 0.3) is 0 Å². The van der Waals surface area contributed by atoms with Crippen molar-refractivity contribution >= 4 is 29.9 Å². The molecule has 23 heavy (non-hydrogen) atoms. The molecule has 0 aromatic carbocycles. The first-order valence-electron chi connectivity index (χ1n) is 8.14. The zero-order valence-corrected chi connectivity index (χ0v) is 16.8. The van der Waals surface area contributed by atoms with Crippen molar-refractivity contribution in [2.45, 2.75) is 58.6 Å². The summed E-state index contributed by atoms with van der Waals surface area (Å²) in [6, 6.07) is 1.97. The van der Waals surface area contributed by atoms with Gasteiger partial charge < -0.3 is 19.9 Å². The molecule has 1 aromatic heterocycles. The van der Waals surface area contributed by atoms with Crippen LogP contribution in [0.1, 0.15) is 57.9 Å². The number of halogens is 1. The molecule has 0 saturated carbocycles. The molecule has 1 saturated heterocycles. The van der Waals surface area contributed by atoms with Crippen LogP contribution in [0.5, 0.6) is 0 Å². The number of aromatic nitrogens is 1. The van der Waals surface area contributed by atoms with Gasteiger partial charge in [-0.2, -0.15) is 0 Å². The van der Waals surface area contributed by atoms with Crippen LogP contribution in [0.25, 0.3) is 0 Å². The number of hydrogen-bond acceptors (Lipinski definition) is 4. The Kier molecular flexibility index (Phi) is 8.32. The van der Waals surface area contributed by atoms with Gasteiger partial charge in [-0.1, -0.05) is 19.0 Å². The highest BCUT2D eigenvalue weighted by Crippen LogP contribution is 2.23. The van der Waals surface area contributed by atoms with E-state index >= 15 is 0 Å². The van der Waals surface area contributed by atoms with Gasteiger partial charge in [0.1, 0.15) is 6.54 Å². The largest absolute Gasteiger partial charge is 0.373 e. The average molecular weight is 436 g/mol. The summed E-state index contributed by atoms with van der Waals surface area (Å²) in [4.78, 5) is 4.55. The van der Waals surface area contributed by atoms with Gasteiger partial charge in [-0.05, 0) is 32.6 Å². The maximum Gasteiger partial charge on any atom is 0.191 e. The van der Waals surface area contributed by atoms with E-state index in [0.717, 1.165) is 50.0 Å². The number of rotatable bonds is 6. The van der Waals surface area contributed by atoms with E-state index in [1.165, 1.54) is 0 Å². The summed E-state index contributed by atoms with van der Waals surface area (Å²) >= 11 is 0. The predicted octanol–water partition coefficient (Wildman–Crippen LogP) is 3.04. The topological polar surface area (TPSA) is 71.7 Å². The molecular weight excluding hydrogens is 407 g/mol. The Morgan fingerprint density at radius 1 is 1.43 bits per heavy atom. The van der Waals surface area contributed by atoms with E-state index in [1.54, 1.807) is 0 Å². The first kappa shape index (κ1) is 20.2. The van der Waals surface area contributed by atoms with Gasteiger partial charge in [0.05, 0.1) is 11.3 Å². The van der Waals surface area contributed by atoms with E-state index in [2.05, 4.69) is 48.5 Å². The van der Waals surface area contributed by atoms with E-state index in [1.807, 2.05) is 6.07 Å². The molecule has 1 fully saturated rings. The minimum Gasteiger partial charge on any atom is -0.373 e. The molecule has 2 N–H and O–H groups in total.